The Kier molecular flexibility index (Phi) is 9.07. The summed E-state index contributed by atoms with van der Waals surface area (Å²) in [5, 5.41) is 22.1. The normalized spacial score (nSPS) is 16.5. The van der Waals surface area contributed by atoms with Crippen LogP contribution in [0, 0.1) is 22.9 Å². The van der Waals surface area contributed by atoms with Crippen LogP contribution in [0.4, 0.5) is 13.2 Å². The number of hydrogen-bond donors (Lipinski definition) is 2. The summed E-state index contributed by atoms with van der Waals surface area (Å²) in [7, 11) is 1.54. The number of aromatic nitrogens is 1. The lowest BCUT2D eigenvalue weighted by Gasteiger charge is -2.39. The molecule has 11 heteroatoms. The minimum Gasteiger partial charge on any atom is -0.497 e. The Morgan fingerprint density at radius 2 is 1.89 bits per heavy atom. The minimum atomic E-state index is -1.49. The van der Waals surface area contributed by atoms with Gasteiger partial charge in [-0.2, -0.15) is 0 Å². The van der Waals surface area contributed by atoms with Gasteiger partial charge in [0.25, 0.3) is 0 Å². The first-order valence-corrected chi connectivity index (χ1v) is 13.5. The van der Waals surface area contributed by atoms with E-state index in [2.05, 4.69) is 9.88 Å². The lowest BCUT2D eigenvalue weighted by molar-refractivity contribution is -0.153. The molecule has 204 valence electrons. The third-order valence-corrected chi connectivity index (χ3v) is 8.46. The largest absolute Gasteiger partial charge is 0.497 e. The van der Waals surface area contributed by atoms with Gasteiger partial charge in [-0.15, -0.1) is 11.8 Å². The molecule has 0 unspecified atom stereocenters. The van der Waals surface area contributed by atoms with E-state index in [1.807, 2.05) is 0 Å². The maximum absolute atomic E-state index is 13.4. The summed E-state index contributed by atoms with van der Waals surface area (Å²) in [5.74, 6) is -3.72. The van der Waals surface area contributed by atoms with Crippen molar-refractivity contribution < 1.29 is 32.9 Å². The van der Waals surface area contributed by atoms with E-state index in [1.54, 1.807) is 25.3 Å². The van der Waals surface area contributed by atoms with Gasteiger partial charge in [-0.05, 0) is 69.1 Å². The molecule has 1 fully saturated rings. The number of likely N-dealkylation sites (tertiary alicyclic amines) is 1. The smallest absolute Gasteiger partial charge is 0.309 e. The van der Waals surface area contributed by atoms with Crippen molar-refractivity contribution in [3.05, 3.63) is 64.6 Å². The van der Waals surface area contributed by atoms with Crippen LogP contribution in [0.2, 0.25) is 5.02 Å². The first-order valence-electron chi connectivity index (χ1n) is 12.2. The van der Waals surface area contributed by atoms with E-state index in [9.17, 15) is 28.2 Å². The van der Waals surface area contributed by atoms with E-state index in [4.69, 9.17) is 16.3 Å². The number of carbonyl (C=O) groups is 1. The average molecular weight is 569 g/mol. The summed E-state index contributed by atoms with van der Waals surface area (Å²) in [4.78, 5) is 19.0. The lowest BCUT2D eigenvalue weighted by Crippen LogP contribution is -2.45. The molecule has 0 bridgehead atoms. The van der Waals surface area contributed by atoms with Gasteiger partial charge in [-0.3, -0.25) is 9.78 Å². The quantitative estimate of drug-likeness (QED) is 0.226. The third-order valence-electron chi connectivity index (χ3n) is 7.20. The molecule has 1 atom stereocenters. The maximum Gasteiger partial charge on any atom is 0.309 e. The molecule has 2 N–H and O–H groups in total. The number of carboxylic acids is 1. The Balaban J connectivity index is 1.36. The number of ether oxygens (including phenoxy) is 1. The van der Waals surface area contributed by atoms with Gasteiger partial charge in [0.15, 0.2) is 17.5 Å². The molecule has 0 amide bonds. The van der Waals surface area contributed by atoms with Crippen LogP contribution in [0.5, 0.6) is 5.75 Å². The second-order valence-corrected chi connectivity index (χ2v) is 11.0. The highest BCUT2D eigenvalue weighted by Gasteiger charge is 2.41. The summed E-state index contributed by atoms with van der Waals surface area (Å²) in [6, 6.07) is 7.23. The predicted molar refractivity (Wildman–Crippen MR) is 140 cm³/mol. The fourth-order valence-corrected chi connectivity index (χ4v) is 6.11. The first-order chi connectivity index (χ1) is 18.1. The molecule has 0 saturated carbocycles. The Hall–Kier alpha value is -2.53. The maximum atomic E-state index is 13.4. The van der Waals surface area contributed by atoms with Crippen LogP contribution >= 0.6 is 23.4 Å². The van der Waals surface area contributed by atoms with E-state index >= 15 is 0 Å². The number of piperidine rings is 1. The number of aliphatic carboxylic acids is 1. The van der Waals surface area contributed by atoms with Crippen molar-refractivity contribution in [2.45, 2.75) is 36.7 Å². The number of aliphatic hydroxyl groups is 1. The second-order valence-electron chi connectivity index (χ2n) is 9.43. The molecular weight excluding hydrogens is 541 g/mol. The summed E-state index contributed by atoms with van der Waals surface area (Å²) in [6.45, 7) is 1.65. The third kappa shape index (κ3) is 6.20. The van der Waals surface area contributed by atoms with Gasteiger partial charge in [0.2, 0.25) is 0 Å². The zero-order chi connectivity index (χ0) is 27.4. The summed E-state index contributed by atoms with van der Waals surface area (Å²) in [5.41, 5.74) is 0.162. The van der Waals surface area contributed by atoms with Crippen LogP contribution < -0.4 is 4.74 Å². The molecule has 3 aromatic rings. The number of halogens is 4. The molecule has 38 heavy (non-hydrogen) atoms. The van der Waals surface area contributed by atoms with E-state index in [0.717, 1.165) is 12.1 Å². The van der Waals surface area contributed by atoms with E-state index in [-0.39, 0.29) is 12.8 Å². The predicted octanol–water partition coefficient (Wildman–Crippen LogP) is 6.09. The fourth-order valence-electron chi connectivity index (χ4n) is 4.87. The molecule has 1 aliphatic rings. The van der Waals surface area contributed by atoms with Crippen LogP contribution in [-0.4, -0.2) is 58.6 Å². The number of hydrogen-bond acceptors (Lipinski definition) is 6. The molecular formula is C27H28ClF3N2O4S. The van der Waals surface area contributed by atoms with Crippen LogP contribution in [0.15, 0.2) is 41.4 Å². The van der Waals surface area contributed by atoms with Crippen molar-refractivity contribution in [2.24, 2.45) is 5.41 Å². The molecule has 1 aromatic heterocycles. The number of methoxy groups -OCH3 is 1. The SMILES string of the molecule is COc1ccc2ncc(Cl)c([C@@H](O)CCC3(C(=O)O)CCN(CCSc4cc(F)c(F)c(F)c4)CC3)c2c1. The highest BCUT2D eigenvalue weighted by molar-refractivity contribution is 7.99. The highest BCUT2D eigenvalue weighted by atomic mass is 35.5. The second kappa shape index (κ2) is 12.1. The van der Waals surface area contributed by atoms with Gasteiger partial charge in [-0.1, -0.05) is 11.6 Å². The van der Waals surface area contributed by atoms with E-state index in [0.29, 0.717) is 70.4 Å². The number of fused-ring (bicyclic) bond motifs is 1. The molecule has 6 nitrogen and oxygen atoms in total. The van der Waals surface area contributed by atoms with Crippen molar-refractivity contribution >= 4 is 40.2 Å². The van der Waals surface area contributed by atoms with Crippen LogP contribution in [0.1, 0.15) is 37.4 Å². The van der Waals surface area contributed by atoms with Crippen LogP contribution in [0.3, 0.4) is 0 Å². The number of aliphatic hydroxyl groups excluding tert-OH is 1. The molecule has 4 rings (SSSR count). The number of rotatable bonds is 10. The van der Waals surface area contributed by atoms with Gasteiger partial charge in [0.1, 0.15) is 5.75 Å². The van der Waals surface area contributed by atoms with Gasteiger partial charge >= 0.3 is 5.97 Å². The Morgan fingerprint density at radius 1 is 1.21 bits per heavy atom. The topological polar surface area (TPSA) is 82.9 Å². The summed E-state index contributed by atoms with van der Waals surface area (Å²) in [6.07, 6.45) is 1.77. The van der Waals surface area contributed by atoms with Gasteiger partial charge < -0.3 is 19.8 Å². The Labute approximate surface area is 227 Å². The van der Waals surface area contributed by atoms with Crippen molar-refractivity contribution in [1.82, 2.24) is 9.88 Å². The molecule has 2 heterocycles. The van der Waals surface area contributed by atoms with Gasteiger partial charge in [0.05, 0.1) is 29.2 Å². The van der Waals surface area contributed by atoms with Crippen molar-refractivity contribution in [3.63, 3.8) is 0 Å². The standard InChI is InChI=1S/C27H28ClF3N2O4S/c1-37-16-2-3-22-18(12-16)24(19(28)15-32-22)23(34)4-5-27(26(35)36)6-8-33(9-7-27)10-11-38-17-13-20(29)25(31)21(30)14-17/h2-3,12-15,23,34H,4-11H2,1H3,(H,35,36)/t23-/m0/s1. The summed E-state index contributed by atoms with van der Waals surface area (Å²) < 4.78 is 45.3. The fraction of sp³-hybridized carbons (Fsp3) is 0.407. The number of carboxylic acid groups (broad SMARTS) is 1. The van der Waals surface area contributed by atoms with Gasteiger partial charge in [-0.25, -0.2) is 13.2 Å². The number of nitrogens with zero attached hydrogens (tertiary/aromatic N) is 2. The molecule has 1 aliphatic heterocycles. The van der Waals surface area contributed by atoms with Crippen LogP contribution in [0.25, 0.3) is 10.9 Å². The lowest BCUT2D eigenvalue weighted by atomic mass is 9.74. The zero-order valence-corrected chi connectivity index (χ0v) is 22.3. The molecule has 0 radical (unpaired) electrons. The van der Waals surface area contributed by atoms with Gasteiger partial charge in [0, 0.05) is 34.3 Å². The van der Waals surface area contributed by atoms with E-state index in [1.165, 1.54) is 18.0 Å². The Morgan fingerprint density at radius 3 is 2.53 bits per heavy atom. The van der Waals surface area contributed by atoms with E-state index < -0.39 is 34.9 Å². The van der Waals surface area contributed by atoms with Crippen LogP contribution in [-0.2, 0) is 4.79 Å². The zero-order valence-electron chi connectivity index (χ0n) is 20.7. The molecule has 0 spiro atoms. The monoisotopic (exact) mass is 568 g/mol. The first kappa shape index (κ1) is 28.5. The molecule has 1 saturated heterocycles. The van der Waals surface area contributed by atoms with Crippen molar-refractivity contribution in [2.75, 3.05) is 32.5 Å². The average Bonchev–Trinajstić information content (AvgIpc) is 2.90. The number of thioether (sulfide) groups is 1. The number of pyridine rings is 1. The summed E-state index contributed by atoms with van der Waals surface area (Å²) >= 11 is 7.61. The number of benzene rings is 2. The van der Waals surface area contributed by atoms with Crippen molar-refractivity contribution in [3.8, 4) is 5.75 Å². The molecule has 2 aromatic carbocycles. The Bertz CT molecular complexity index is 1300. The molecule has 0 aliphatic carbocycles. The highest BCUT2D eigenvalue weighted by Crippen LogP contribution is 2.41. The van der Waals surface area contributed by atoms with Crippen molar-refractivity contribution in [1.29, 1.82) is 0 Å². The minimum absolute atomic E-state index is 0.208.